The number of ether oxygens (including phenoxy) is 1. The van der Waals surface area contributed by atoms with Gasteiger partial charge in [0, 0.05) is 0 Å². The maximum Gasteiger partial charge on any atom is 0.264 e. The summed E-state index contributed by atoms with van der Waals surface area (Å²) in [5, 5.41) is 0. The summed E-state index contributed by atoms with van der Waals surface area (Å²) in [6.45, 7) is 0. The van der Waals surface area contributed by atoms with Crippen molar-refractivity contribution in [3.8, 4) is 0 Å². The van der Waals surface area contributed by atoms with Gasteiger partial charge in [0.15, 0.2) is 0 Å². The van der Waals surface area contributed by atoms with Crippen molar-refractivity contribution in [3.05, 3.63) is 35.4 Å². The number of hydrogen-bond donors (Lipinski definition) is 1. The molecule has 1 aromatic rings. The van der Waals surface area contributed by atoms with Crippen molar-refractivity contribution >= 4 is 10.1 Å². The van der Waals surface area contributed by atoms with Crippen molar-refractivity contribution < 1.29 is 17.7 Å². The van der Waals surface area contributed by atoms with Crippen molar-refractivity contribution in [2.75, 3.05) is 5.75 Å². The Morgan fingerprint density at radius 2 is 2.17 bits per heavy atom. The van der Waals surface area contributed by atoms with Crippen LogP contribution in [0.25, 0.3) is 0 Å². The van der Waals surface area contributed by atoms with E-state index >= 15 is 0 Å². The van der Waals surface area contributed by atoms with Gasteiger partial charge in [-0.1, -0.05) is 24.3 Å². The van der Waals surface area contributed by atoms with E-state index in [0.717, 1.165) is 12.8 Å². The summed E-state index contributed by atoms with van der Waals surface area (Å²) in [6, 6.07) is 8.25. The molecule has 0 saturated carbocycles. The van der Waals surface area contributed by atoms with E-state index in [1.54, 1.807) is 0 Å². The van der Waals surface area contributed by atoms with Crippen LogP contribution in [-0.2, 0) is 21.3 Å². The first kappa shape index (κ1) is 12.1. The fraction of sp³-hybridized carbons (Fsp3) is 0.538. The normalized spacial score (nSPS) is 29.5. The summed E-state index contributed by atoms with van der Waals surface area (Å²) in [5.74, 6) is -0.174. The molecular weight excluding hydrogens is 252 g/mol. The lowest BCUT2D eigenvalue weighted by Gasteiger charge is -2.19. The van der Waals surface area contributed by atoms with Crippen molar-refractivity contribution in [2.24, 2.45) is 0 Å². The van der Waals surface area contributed by atoms with Crippen molar-refractivity contribution in [1.82, 2.24) is 0 Å². The SMILES string of the molecule is O=S(=O)(O)CCCC12CCc3ccccc3C1O2. The van der Waals surface area contributed by atoms with Crippen LogP contribution in [0, 0.1) is 0 Å². The molecule has 4 nitrogen and oxygen atoms in total. The van der Waals surface area contributed by atoms with Crippen LogP contribution in [0.5, 0.6) is 0 Å². The van der Waals surface area contributed by atoms with Gasteiger partial charge >= 0.3 is 0 Å². The van der Waals surface area contributed by atoms with Crippen LogP contribution >= 0.6 is 0 Å². The Hall–Kier alpha value is -0.910. The van der Waals surface area contributed by atoms with E-state index in [9.17, 15) is 8.42 Å². The summed E-state index contributed by atoms with van der Waals surface area (Å²) in [6.07, 6.45) is 3.21. The minimum atomic E-state index is -3.85. The molecule has 5 heteroatoms. The molecule has 0 bridgehead atoms. The van der Waals surface area contributed by atoms with Crippen LogP contribution in [0.15, 0.2) is 24.3 Å². The molecule has 1 aliphatic carbocycles. The molecule has 3 rings (SSSR count). The van der Waals surface area contributed by atoms with Crippen LogP contribution in [0.1, 0.15) is 36.5 Å². The summed E-state index contributed by atoms with van der Waals surface area (Å²) < 4.78 is 36.0. The smallest absolute Gasteiger partial charge is 0.264 e. The van der Waals surface area contributed by atoms with E-state index in [0.29, 0.717) is 12.8 Å². The average Bonchev–Trinajstić information content (AvgIpc) is 3.02. The van der Waals surface area contributed by atoms with Crippen LogP contribution in [0.3, 0.4) is 0 Å². The van der Waals surface area contributed by atoms with E-state index in [4.69, 9.17) is 9.29 Å². The monoisotopic (exact) mass is 268 g/mol. The number of rotatable bonds is 4. The molecule has 0 aromatic heterocycles. The van der Waals surface area contributed by atoms with Gasteiger partial charge in [-0.2, -0.15) is 8.42 Å². The first-order chi connectivity index (χ1) is 8.50. The lowest BCUT2D eigenvalue weighted by Crippen LogP contribution is -2.20. The molecule has 0 amide bonds. The van der Waals surface area contributed by atoms with Crippen molar-refractivity contribution in [2.45, 2.75) is 37.4 Å². The quantitative estimate of drug-likeness (QED) is 0.671. The zero-order valence-electron chi connectivity index (χ0n) is 10.0. The minimum absolute atomic E-state index is 0.129. The zero-order valence-corrected chi connectivity index (χ0v) is 10.8. The molecule has 1 heterocycles. The highest BCUT2D eigenvalue weighted by Crippen LogP contribution is 2.58. The first-order valence-electron chi connectivity index (χ1n) is 6.21. The molecule has 2 unspecified atom stereocenters. The van der Waals surface area contributed by atoms with Gasteiger partial charge in [0.05, 0.1) is 11.4 Å². The molecule has 0 radical (unpaired) electrons. The molecule has 1 fully saturated rings. The Balaban J connectivity index is 1.67. The number of epoxide rings is 1. The third kappa shape index (κ3) is 2.18. The van der Waals surface area contributed by atoms with Crippen molar-refractivity contribution in [3.63, 3.8) is 0 Å². The predicted octanol–water partition coefficient (Wildman–Crippen LogP) is 2.11. The molecular formula is C13H16O4S. The molecule has 2 aliphatic rings. The summed E-state index contributed by atoms with van der Waals surface area (Å²) in [4.78, 5) is 0. The molecule has 2 atom stereocenters. The Bertz CT molecular complexity index is 566. The van der Waals surface area contributed by atoms with Gasteiger partial charge in [0.25, 0.3) is 10.1 Å². The van der Waals surface area contributed by atoms with Gasteiger partial charge in [-0.3, -0.25) is 4.55 Å². The van der Waals surface area contributed by atoms with Crippen LogP contribution in [0.2, 0.25) is 0 Å². The largest absolute Gasteiger partial charge is 0.361 e. The lowest BCUT2D eigenvalue weighted by molar-refractivity contribution is 0.269. The number of aryl methyl sites for hydroxylation is 1. The summed E-state index contributed by atoms with van der Waals surface area (Å²) in [5.41, 5.74) is 2.42. The van der Waals surface area contributed by atoms with Gasteiger partial charge in [-0.05, 0) is 36.8 Å². The second-order valence-corrected chi connectivity index (χ2v) is 6.72. The highest BCUT2D eigenvalue weighted by Gasteiger charge is 2.58. The fourth-order valence-corrected chi connectivity index (χ4v) is 3.48. The lowest BCUT2D eigenvalue weighted by atomic mass is 9.82. The minimum Gasteiger partial charge on any atom is -0.361 e. The van der Waals surface area contributed by atoms with E-state index in [2.05, 4.69) is 12.1 Å². The standard InChI is InChI=1S/C13H16O4S/c14-18(15,16)9-3-7-13-8-6-10-4-1-2-5-11(10)12(13)17-13/h1-2,4-5,12H,3,6-9H2,(H,14,15,16). The van der Waals surface area contributed by atoms with Gasteiger partial charge in [0.1, 0.15) is 6.10 Å². The van der Waals surface area contributed by atoms with E-state index in [1.165, 1.54) is 11.1 Å². The number of benzene rings is 1. The molecule has 0 spiro atoms. The van der Waals surface area contributed by atoms with Crippen LogP contribution in [-0.4, -0.2) is 24.3 Å². The van der Waals surface area contributed by atoms with E-state index in [1.807, 2.05) is 12.1 Å². The van der Waals surface area contributed by atoms with Gasteiger partial charge in [0.2, 0.25) is 0 Å². The van der Waals surface area contributed by atoms with E-state index < -0.39 is 10.1 Å². The first-order valence-corrected chi connectivity index (χ1v) is 7.82. The van der Waals surface area contributed by atoms with Crippen LogP contribution < -0.4 is 0 Å². The third-order valence-corrected chi connectivity index (χ3v) is 4.74. The molecule has 1 saturated heterocycles. The van der Waals surface area contributed by atoms with Crippen molar-refractivity contribution in [1.29, 1.82) is 0 Å². The Morgan fingerprint density at radius 1 is 1.39 bits per heavy atom. The Kier molecular flexibility index (Phi) is 2.73. The number of fused-ring (bicyclic) bond motifs is 3. The molecule has 1 aromatic carbocycles. The number of hydrogen-bond acceptors (Lipinski definition) is 3. The highest BCUT2D eigenvalue weighted by atomic mass is 32.2. The average molecular weight is 268 g/mol. The third-order valence-electron chi connectivity index (χ3n) is 3.93. The molecule has 98 valence electrons. The Labute approximate surface area is 107 Å². The summed E-state index contributed by atoms with van der Waals surface area (Å²) >= 11 is 0. The summed E-state index contributed by atoms with van der Waals surface area (Å²) in [7, 11) is -3.85. The maximum atomic E-state index is 10.7. The van der Waals surface area contributed by atoms with Gasteiger partial charge < -0.3 is 4.74 Å². The Morgan fingerprint density at radius 3 is 2.94 bits per heavy atom. The van der Waals surface area contributed by atoms with Gasteiger partial charge in [-0.15, -0.1) is 0 Å². The molecule has 1 aliphatic heterocycles. The molecule has 1 N–H and O–H groups in total. The topological polar surface area (TPSA) is 66.9 Å². The predicted molar refractivity (Wildman–Crippen MR) is 67.0 cm³/mol. The second-order valence-electron chi connectivity index (χ2n) is 5.15. The maximum absolute atomic E-state index is 10.7. The second kappa shape index (κ2) is 4.05. The fourth-order valence-electron chi connectivity index (χ4n) is 2.97. The highest BCUT2D eigenvalue weighted by molar-refractivity contribution is 7.85. The zero-order chi connectivity index (χ0) is 12.8. The van der Waals surface area contributed by atoms with Crippen LogP contribution in [0.4, 0.5) is 0 Å². The van der Waals surface area contributed by atoms with E-state index in [-0.39, 0.29) is 17.5 Å². The van der Waals surface area contributed by atoms with Gasteiger partial charge in [-0.25, -0.2) is 0 Å². The molecule has 18 heavy (non-hydrogen) atoms.